The Balaban J connectivity index is 4.54. The van der Waals surface area contributed by atoms with Gasteiger partial charge in [-0.05, 0) is 0 Å². The predicted octanol–water partition coefficient (Wildman–Crippen LogP) is 1.16. The minimum absolute atomic E-state index is 0.511. The summed E-state index contributed by atoms with van der Waals surface area (Å²) in [5, 5.41) is 8.23. The molecule has 15 heavy (non-hydrogen) atoms. The van der Waals surface area contributed by atoms with Crippen LogP contribution in [0.5, 0.6) is 0 Å². The molecule has 3 nitrogen and oxygen atoms in total. The molecule has 0 fully saturated rings. The first-order valence-corrected chi connectivity index (χ1v) is 3.74. The second-order valence-electron chi connectivity index (χ2n) is 2.65. The molecule has 0 spiro atoms. The fourth-order valence-corrected chi connectivity index (χ4v) is 0.710. The number of ether oxygens (including phenoxy) is 1. The first kappa shape index (κ1) is 14.5. The number of hydrogen-bond donors (Lipinski definition) is 2. The van der Waals surface area contributed by atoms with Crippen molar-refractivity contribution in [2.24, 2.45) is 5.73 Å². The average molecular weight is 241 g/mol. The Morgan fingerprint density at radius 1 is 1.07 bits per heavy atom. The molecule has 0 aliphatic carbocycles. The second kappa shape index (κ2) is 4.99. The van der Waals surface area contributed by atoms with E-state index < -0.39 is 37.7 Å². The van der Waals surface area contributed by atoms with E-state index >= 15 is 0 Å². The van der Waals surface area contributed by atoms with Crippen LogP contribution in [0.2, 0.25) is 0 Å². The Morgan fingerprint density at radius 2 is 1.47 bits per heavy atom. The highest BCUT2D eigenvalue weighted by atomic mass is 19.4. The van der Waals surface area contributed by atoms with Crippen LogP contribution >= 0.6 is 0 Å². The Bertz CT molecular complexity index is 177. The average Bonchev–Trinajstić information content (AvgIpc) is 1.96. The third kappa shape index (κ3) is 5.19. The maximum Gasteiger partial charge on any atom is 0.423 e. The van der Waals surface area contributed by atoms with Crippen molar-refractivity contribution in [2.45, 2.75) is 31.1 Å². The molecule has 0 amide bonds. The molecule has 3 N–H and O–H groups in total. The van der Waals surface area contributed by atoms with Gasteiger partial charge >= 0.3 is 12.4 Å². The largest absolute Gasteiger partial charge is 0.423 e. The van der Waals surface area contributed by atoms with Gasteiger partial charge in [0.2, 0.25) is 0 Å². The monoisotopic (exact) mass is 241 g/mol. The van der Waals surface area contributed by atoms with Gasteiger partial charge in [-0.3, -0.25) is 0 Å². The highest BCUT2D eigenvalue weighted by Gasteiger charge is 2.58. The van der Waals surface area contributed by atoms with Crippen LogP contribution in [0.1, 0.15) is 6.42 Å². The maximum absolute atomic E-state index is 11.9. The number of aliphatic hydroxyl groups excluding tert-OH is 1. The smallest absolute Gasteiger partial charge is 0.396 e. The number of nitrogens with two attached hydrogens (primary N) is 1. The van der Waals surface area contributed by atoms with Crippen LogP contribution in [0.3, 0.4) is 0 Å². The van der Waals surface area contributed by atoms with Gasteiger partial charge in [0.1, 0.15) is 6.23 Å². The molecular formula is C6H9F6NO2. The molecule has 0 radical (unpaired) electrons. The van der Waals surface area contributed by atoms with Gasteiger partial charge in [0.25, 0.3) is 6.10 Å². The fourth-order valence-electron chi connectivity index (χ4n) is 0.710. The standard InChI is InChI=1S/C6H9F6NO2/c7-5(8,9)4(6(10,11)12)15-3(13)1-2-14/h3-4,14H,1-2,13H2. The van der Waals surface area contributed by atoms with Crippen molar-refractivity contribution < 1.29 is 36.2 Å². The van der Waals surface area contributed by atoms with Crippen LogP contribution in [-0.2, 0) is 4.74 Å². The lowest BCUT2D eigenvalue weighted by molar-refractivity contribution is -0.331. The molecule has 0 bridgehead atoms. The molecule has 0 aliphatic rings. The van der Waals surface area contributed by atoms with E-state index in [0.29, 0.717) is 0 Å². The van der Waals surface area contributed by atoms with Gasteiger partial charge in [-0.15, -0.1) is 0 Å². The number of rotatable bonds is 4. The minimum atomic E-state index is -5.58. The SMILES string of the molecule is NC(CCO)OC(C(F)(F)F)C(F)(F)F. The molecule has 92 valence electrons. The molecule has 1 atom stereocenters. The third-order valence-electron chi connectivity index (χ3n) is 1.32. The van der Waals surface area contributed by atoms with Gasteiger partial charge < -0.3 is 15.6 Å². The summed E-state index contributed by atoms with van der Waals surface area (Å²) in [6, 6.07) is 0. The Hall–Kier alpha value is -0.540. The lowest BCUT2D eigenvalue weighted by Gasteiger charge is -2.25. The zero-order valence-electron chi connectivity index (χ0n) is 7.27. The van der Waals surface area contributed by atoms with E-state index in [1.807, 2.05) is 0 Å². The molecule has 1 unspecified atom stereocenters. The maximum atomic E-state index is 11.9. The Morgan fingerprint density at radius 3 is 1.73 bits per heavy atom. The number of hydrogen-bond acceptors (Lipinski definition) is 3. The third-order valence-corrected chi connectivity index (χ3v) is 1.32. The van der Waals surface area contributed by atoms with Crippen LogP contribution in [0.4, 0.5) is 26.3 Å². The van der Waals surface area contributed by atoms with Gasteiger partial charge in [0.15, 0.2) is 0 Å². The van der Waals surface area contributed by atoms with Crippen molar-refractivity contribution in [1.29, 1.82) is 0 Å². The molecule has 9 heteroatoms. The van der Waals surface area contributed by atoms with Crippen molar-refractivity contribution in [3.63, 3.8) is 0 Å². The Kier molecular flexibility index (Phi) is 4.81. The predicted molar refractivity (Wildman–Crippen MR) is 36.7 cm³/mol. The van der Waals surface area contributed by atoms with Crippen LogP contribution in [-0.4, -0.2) is 36.4 Å². The summed E-state index contributed by atoms with van der Waals surface area (Å²) in [5.41, 5.74) is 4.80. The van der Waals surface area contributed by atoms with Crippen molar-refractivity contribution in [3.8, 4) is 0 Å². The van der Waals surface area contributed by atoms with E-state index in [1.54, 1.807) is 0 Å². The van der Waals surface area contributed by atoms with E-state index in [9.17, 15) is 26.3 Å². The van der Waals surface area contributed by atoms with E-state index in [2.05, 4.69) is 4.74 Å². The summed E-state index contributed by atoms with van der Waals surface area (Å²) in [6.07, 6.45) is -17.4. The van der Waals surface area contributed by atoms with Crippen LogP contribution in [0.15, 0.2) is 0 Å². The van der Waals surface area contributed by atoms with Crippen molar-refractivity contribution in [3.05, 3.63) is 0 Å². The molecule has 0 aromatic heterocycles. The van der Waals surface area contributed by atoms with Crippen molar-refractivity contribution in [1.82, 2.24) is 0 Å². The molecular weight excluding hydrogens is 232 g/mol. The molecule has 0 saturated carbocycles. The second-order valence-corrected chi connectivity index (χ2v) is 2.65. The lowest BCUT2D eigenvalue weighted by Crippen LogP contribution is -2.48. The zero-order chi connectivity index (χ0) is 12.3. The molecule has 0 aromatic carbocycles. The van der Waals surface area contributed by atoms with E-state index in [1.165, 1.54) is 0 Å². The summed E-state index contributed by atoms with van der Waals surface area (Å²) in [4.78, 5) is 0. The first-order valence-electron chi connectivity index (χ1n) is 3.74. The summed E-state index contributed by atoms with van der Waals surface area (Å²) in [6.45, 7) is -0.663. The van der Waals surface area contributed by atoms with E-state index in [0.717, 1.165) is 0 Å². The molecule has 0 rings (SSSR count). The summed E-state index contributed by atoms with van der Waals surface area (Å²) < 4.78 is 74.7. The highest BCUT2D eigenvalue weighted by Crippen LogP contribution is 2.36. The molecule has 0 aliphatic heterocycles. The number of aliphatic hydroxyl groups is 1. The van der Waals surface area contributed by atoms with Crippen molar-refractivity contribution >= 4 is 0 Å². The molecule has 0 heterocycles. The van der Waals surface area contributed by atoms with Crippen LogP contribution in [0, 0.1) is 0 Å². The number of halogens is 6. The zero-order valence-corrected chi connectivity index (χ0v) is 7.27. The normalized spacial score (nSPS) is 15.8. The molecule has 0 saturated heterocycles. The van der Waals surface area contributed by atoms with Gasteiger partial charge in [0.05, 0.1) is 0 Å². The first-order chi connectivity index (χ1) is 6.59. The fraction of sp³-hybridized carbons (Fsp3) is 1.00. The summed E-state index contributed by atoms with van der Waals surface area (Å²) in [7, 11) is 0. The van der Waals surface area contributed by atoms with Gasteiger partial charge in [-0.1, -0.05) is 0 Å². The Labute approximate surface area is 80.8 Å². The lowest BCUT2D eigenvalue weighted by atomic mass is 10.3. The topological polar surface area (TPSA) is 55.5 Å². The highest BCUT2D eigenvalue weighted by molar-refractivity contribution is 4.76. The minimum Gasteiger partial charge on any atom is -0.396 e. The van der Waals surface area contributed by atoms with Crippen molar-refractivity contribution in [2.75, 3.05) is 6.61 Å². The van der Waals surface area contributed by atoms with Gasteiger partial charge in [-0.2, -0.15) is 26.3 Å². The van der Waals surface area contributed by atoms with E-state index in [4.69, 9.17) is 10.8 Å². The number of alkyl halides is 6. The van der Waals surface area contributed by atoms with Crippen LogP contribution < -0.4 is 5.73 Å². The summed E-state index contributed by atoms with van der Waals surface area (Å²) in [5.74, 6) is 0. The van der Waals surface area contributed by atoms with Gasteiger partial charge in [0, 0.05) is 13.0 Å². The quantitative estimate of drug-likeness (QED) is 0.573. The summed E-state index contributed by atoms with van der Waals surface area (Å²) >= 11 is 0. The van der Waals surface area contributed by atoms with E-state index in [-0.39, 0.29) is 0 Å². The van der Waals surface area contributed by atoms with Crippen LogP contribution in [0.25, 0.3) is 0 Å². The van der Waals surface area contributed by atoms with Gasteiger partial charge in [-0.25, -0.2) is 0 Å². The molecule has 0 aromatic rings.